The van der Waals surface area contributed by atoms with Crippen LogP contribution in [0.2, 0.25) is 0 Å². The molecule has 3 heterocycles. The monoisotopic (exact) mass is 413 g/mol. The van der Waals surface area contributed by atoms with E-state index in [1.165, 1.54) is 74.5 Å². The maximum Gasteiger partial charge on any atom is 0.202 e. The number of quaternary nitrogens is 3. The van der Waals surface area contributed by atoms with E-state index in [0.29, 0.717) is 6.04 Å². The number of aromatic nitrogens is 1. The van der Waals surface area contributed by atoms with Gasteiger partial charge in [0.25, 0.3) is 0 Å². The van der Waals surface area contributed by atoms with Crippen molar-refractivity contribution in [1.82, 2.24) is 4.57 Å². The third-order valence-corrected chi connectivity index (χ3v) is 7.95. The summed E-state index contributed by atoms with van der Waals surface area (Å²) in [6.07, 6.45) is 9.15. The average Bonchev–Trinajstić information content (AvgIpc) is 2.90. The summed E-state index contributed by atoms with van der Waals surface area (Å²) in [5, 5.41) is 14.7. The smallest absolute Gasteiger partial charge is 0.202 e. The van der Waals surface area contributed by atoms with E-state index in [0.717, 1.165) is 32.8 Å². The number of likely N-dealkylation sites (tertiary alicyclic amines) is 1. The second-order valence-corrected chi connectivity index (χ2v) is 10.1. The van der Waals surface area contributed by atoms with E-state index < -0.39 is 0 Å². The quantitative estimate of drug-likeness (QED) is 0.510. The van der Waals surface area contributed by atoms with Crippen LogP contribution in [0.4, 0.5) is 0 Å². The van der Waals surface area contributed by atoms with E-state index in [2.05, 4.69) is 35.0 Å². The number of fused-ring (bicyclic) bond motifs is 3. The van der Waals surface area contributed by atoms with Crippen molar-refractivity contribution in [2.45, 2.75) is 70.6 Å². The van der Waals surface area contributed by atoms with Crippen LogP contribution in [0.5, 0.6) is 0 Å². The fraction of sp³-hybridized carbons (Fsp3) is 0.680. The lowest BCUT2D eigenvalue weighted by Gasteiger charge is -2.37. The molecule has 1 saturated heterocycles. The minimum atomic E-state index is -0.199. The number of nitrogens with two attached hydrogens (primary N) is 1. The van der Waals surface area contributed by atoms with Crippen LogP contribution in [-0.4, -0.2) is 55.2 Å². The molecule has 0 spiro atoms. The zero-order chi connectivity index (χ0) is 20.5. The highest BCUT2D eigenvalue weighted by Crippen LogP contribution is 2.37. The molecule has 30 heavy (non-hydrogen) atoms. The number of rotatable bonds is 6. The highest BCUT2D eigenvalue weighted by Gasteiger charge is 2.38. The molecule has 0 bridgehead atoms. The van der Waals surface area contributed by atoms with Crippen LogP contribution in [-0.2, 0) is 13.0 Å². The summed E-state index contributed by atoms with van der Waals surface area (Å²) < 4.78 is 2.61. The molecule has 1 fully saturated rings. The van der Waals surface area contributed by atoms with Crippen molar-refractivity contribution < 1.29 is 20.2 Å². The predicted octanol–water partition coefficient (Wildman–Crippen LogP) is -0.434. The first kappa shape index (κ1) is 20.5. The molecule has 1 aromatic heterocycles. The van der Waals surface area contributed by atoms with Crippen molar-refractivity contribution in [3.8, 4) is 0 Å². The predicted molar refractivity (Wildman–Crippen MR) is 120 cm³/mol. The molecule has 5 N–H and O–H groups in total. The van der Waals surface area contributed by atoms with Crippen molar-refractivity contribution in [2.75, 3.05) is 39.4 Å². The summed E-state index contributed by atoms with van der Waals surface area (Å²) in [7, 11) is 0. The van der Waals surface area contributed by atoms with Gasteiger partial charge in [-0.05, 0) is 63.1 Å². The van der Waals surface area contributed by atoms with Gasteiger partial charge >= 0.3 is 0 Å². The van der Waals surface area contributed by atoms with Crippen LogP contribution in [0.25, 0.3) is 10.9 Å². The Labute approximate surface area is 181 Å². The highest BCUT2D eigenvalue weighted by atomic mass is 16.3. The SMILES string of the molecule is Cc1ccc2c(c1)c1c3n2CC[NH+](C[C@H](O)C[NH2+]C[NH+]2CCCCCC2)[C@@H]3CCC1. The van der Waals surface area contributed by atoms with Gasteiger partial charge in [0.05, 0.1) is 31.9 Å². The highest BCUT2D eigenvalue weighted by molar-refractivity contribution is 5.86. The molecule has 0 saturated carbocycles. The summed E-state index contributed by atoms with van der Waals surface area (Å²) in [6, 6.07) is 7.56. The molecule has 2 aromatic rings. The molecule has 3 atom stereocenters. The van der Waals surface area contributed by atoms with Crippen LogP contribution in [0.3, 0.4) is 0 Å². The van der Waals surface area contributed by atoms with Crippen LogP contribution in [0, 0.1) is 6.92 Å². The largest absolute Gasteiger partial charge is 0.382 e. The van der Waals surface area contributed by atoms with Crippen molar-refractivity contribution in [1.29, 1.82) is 0 Å². The fourth-order valence-electron chi connectivity index (χ4n) is 6.45. The molecule has 1 aromatic carbocycles. The van der Waals surface area contributed by atoms with Crippen molar-refractivity contribution in [2.24, 2.45) is 0 Å². The molecule has 3 aliphatic rings. The van der Waals surface area contributed by atoms with E-state index in [1.807, 2.05) is 0 Å². The summed E-state index contributed by atoms with van der Waals surface area (Å²) in [6.45, 7) is 9.97. The molecule has 5 rings (SSSR count). The minimum absolute atomic E-state index is 0.199. The number of nitrogens with zero attached hydrogens (tertiary/aromatic N) is 1. The van der Waals surface area contributed by atoms with Gasteiger partial charge in [0.1, 0.15) is 19.1 Å². The van der Waals surface area contributed by atoms with Gasteiger partial charge in [0.2, 0.25) is 6.67 Å². The van der Waals surface area contributed by atoms with Crippen LogP contribution in [0.1, 0.15) is 61.4 Å². The Kier molecular flexibility index (Phi) is 6.15. The van der Waals surface area contributed by atoms with Gasteiger partial charge in [-0.25, -0.2) is 0 Å². The Bertz CT molecular complexity index is 868. The first-order valence-electron chi connectivity index (χ1n) is 12.5. The lowest BCUT2D eigenvalue weighted by molar-refractivity contribution is -1.01. The standard InChI is InChI=1S/C25H38N4O/c1-19-9-10-23-22(15-19)21-7-6-8-24-25(21)29(23)14-13-28(24)17-20(30)16-26-18-27-11-4-2-3-5-12-27/h9-10,15,20,24,26,30H,2-8,11-14,16-18H2,1H3/p+3/t20-,24-/m1/s1. The van der Waals surface area contributed by atoms with Crippen LogP contribution >= 0.6 is 0 Å². The second kappa shape index (κ2) is 8.99. The molecule has 0 radical (unpaired) electrons. The van der Waals surface area contributed by atoms with E-state index in [9.17, 15) is 5.11 Å². The maximum atomic E-state index is 10.8. The third kappa shape index (κ3) is 4.05. The summed E-state index contributed by atoms with van der Waals surface area (Å²) in [5.74, 6) is 0. The maximum absolute atomic E-state index is 10.8. The minimum Gasteiger partial charge on any atom is -0.382 e. The zero-order valence-electron chi connectivity index (χ0n) is 18.8. The molecule has 2 aliphatic heterocycles. The van der Waals surface area contributed by atoms with E-state index in [1.54, 1.807) is 21.1 Å². The summed E-state index contributed by atoms with van der Waals surface area (Å²) in [4.78, 5) is 3.34. The topological polar surface area (TPSA) is 50.6 Å². The van der Waals surface area contributed by atoms with Gasteiger partial charge in [0.15, 0.2) is 6.10 Å². The number of hydrogen-bond donors (Lipinski definition) is 4. The van der Waals surface area contributed by atoms with Crippen LogP contribution in [0.15, 0.2) is 18.2 Å². The molecule has 0 amide bonds. The van der Waals surface area contributed by atoms with Gasteiger partial charge in [-0.2, -0.15) is 0 Å². The number of hydrogen-bond acceptors (Lipinski definition) is 1. The Balaban J connectivity index is 1.23. The Morgan fingerprint density at radius 2 is 1.97 bits per heavy atom. The first-order chi connectivity index (χ1) is 14.7. The molecular weight excluding hydrogens is 372 g/mol. The van der Waals surface area contributed by atoms with E-state index in [4.69, 9.17) is 0 Å². The molecular formula is C25H41N4O+3. The zero-order valence-corrected chi connectivity index (χ0v) is 18.8. The Morgan fingerprint density at radius 3 is 2.80 bits per heavy atom. The van der Waals surface area contributed by atoms with E-state index in [-0.39, 0.29) is 6.10 Å². The van der Waals surface area contributed by atoms with Crippen molar-refractivity contribution in [3.63, 3.8) is 0 Å². The number of aryl methyl sites for hydroxylation is 2. The Hall–Kier alpha value is -1.40. The van der Waals surface area contributed by atoms with E-state index >= 15 is 0 Å². The molecule has 1 aliphatic carbocycles. The third-order valence-electron chi connectivity index (χ3n) is 7.95. The Morgan fingerprint density at radius 1 is 1.13 bits per heavy atom. The van der Waals surface area contributed by atoms with Crippen LogP contribution < -0.4 is 15.1 Å². The lowest BCUT2D eigenvalue weighted by atomic mass is 9.89. The van der Waals surface area contributed by atoms with Crippen molar-refractivity contribution >= 4 is 10.9 Å². The summed E-state index contributed by atoms with van der Waals surface area (Å²) in [5.41, 5.74) is 6.00. The van der Waals surface area contributed by atoms with Crippen molar-refractivity contribution in [3.05, 3.63) is 35.0 Å². The molecule has 164 valence electrons. The molecule has 1 unspecified atom stereocenters. The van der Waals surface area contributed by atoms with Gasteiger partial charge in [-0.15, -0.1) is 0 Å². The van der Waals surface area contributed by atoms with Gasteiger partial charge in [-0.1, -0.05) is 11.6 Å². The first-order valence-corrected chi connectivity index (χ1v) is 12.5. The molecule has 5 nitrogen and oxygen atoms in total. The van der Waals surface area contributed by atoms with Gasteiger partial charge in [-0.3, -0.25) is 10.2 Å². The molecule has 5 heteroatoms. The van der Waals surface area contributed by atoms with Gasteiger partial charge < -0.3 is 14.6 Å². The number of aliphatic hydroxyl groups is 1. The van der Waals surface area contributed by atoms with Gasteiger partial charge in [0, 0.05) is 17.3 Å². The second-order valence-electron chi connectivity index (χ2n) is 10.1. The normalized spacial score (nSPS) is 25.8. The number of aliphatic hydroxyl groups excluding tert-OH is 1. The lowest BCUT2D eigenvalue weighted by Crippen LogP contribution is -3.22. The number of nitrogens with one attached hydrogen (secondary N) is 2. The fourth-order valence-corrected chi connectivity index (χ4v) is 6.45. The number of benzene rings is 1. The average molecular weight is 414 g/mol. The summed E-state index contributed by atoms with van der Waals surface area (Å²) >= 11 is 0.